The number of ether oxygens (including phenoxy) is 2. The van der Waals surface area contributed by atoms with E-state index in [1.165, 1.54) is 4.90 Å². The molecule has 8 nitrogen and oxygen atoms in total. The first-order valence-corrected chi connectivity index (χ1v) is 11.8. The molecule has 8 heteroatoms. The number of nitrogens with one attached hydrogen (secondary N) is 1. The lowest BCUT2D eigenvalue weighted by atomic mass is 9.99. The van der Waals surface area contributed by atoms with Gasteiger partial charge in [0, 0.05) is 43.1 Å². The van der Waals surface area contributed by atoms with Crippen LogP contribution in [0.3, 0.4) is 0 Å². The van der Waals surface area contributed by atoms with Gasteiger partial charge in [0.1, 0.15) is 11.2 Å². The first-order chi connectivity index (χ1) is 16.7. The maximum absolute atomic E-state index is 12.8. The standard InChI is InChI=1S/C27H32N4O4/c1-5-13-30(26(33)35-27(2,3)4)22-9-10-24-28-17-23(31(24)18-22)20-7-6-8-21(16-20)29-25(32)19-11-14-34-15-12-19/h5-10,16-19H,1,11-15H2,2-4H3,(H,29,32). The molecule has 0 saturated carbocycles. The maximum atomic E-state index is 12.8. The van der Waals surface area contributed by atoms with Crippen molar-refractivity contribution in [3.63, 3.8) is 0 Å². The summed E-state index contributed by atoms with van der Waals surface area (Å²) >= 11 is 0. The van der Waals surface area contributed by atoms with Crippen molar-refractivity contribution in [2.75, 3.05) is 30.0 Å². The van der Waals surface area contributed by atoms with E-state index in [9.17, 15) is 9.59 Å². The van der Waals surface area contributed by atoms with Gasteiger partial charge in [0.2, 0.25) is 5.91 Å². The van der Waals surface area contributed by atoms with E-state index in [-0.39, 0.29) is 11.8 Å². The van der Waals surface area contributed by atoms with Crippen molar-refractivity contribution in [3.8, 4) is 11.3 Å². The van der Waals surface area contributed by atoms with E-state index in [2.05, 4.69) is 16.9 Å². The predicted molar refractivity (Wildman–Crippen MR) is 137 cm³/mol. The van der Waals surface area contributed by atoms with E-state index in [1.54, 1.807) is 12.3 Å². The number of rotatable bonds is 6. The van der Waals surface area contributed by atoms with Crippen LogP contribution in [-0.4, -0.2) is 46.7 Å². The summed E-state index contributed by atoms with van der Waals surface area (Å²) in [5, 5.41) is 3.04. The highest BCUT2D eigenvalue weighted by molar-refractivity contribution is 5.93. The number of pyridine rings is 1. The molecule has 0 spiro atoms. The average Bonchev–Trinajstić information content (AvgIpc) is 3.25. The number of amides is 2. The third-order valence-electron chi connectivity index (χ3n) is 5.75. The predicted octanol–water partition coefficient (Wildman–Crippen LogP) is 5.29. The van der Waals surface area contributed by atoms with Crippen LogP contribution in [0.1, 0.15) is 33.6 Å². The first-order valence-electron chi connectivity index (χ1n) is 11.8. The second-order valence-corrected chi connectivity index (χ2v) is 9.60. The Labute approximate surface area is 205 Å². The molecular formula is C27H32N4O4. The summed E-state index contributed by atoms with van der Waals surface area (Å²) < 4.78 is 12.9. The minimum atomic E-state index is -0.615. The van der Waals surface area contributed by atoms with Crippen LogP contribution in [0.15, 0.2) is 61.4 Å². The van der Waals surface area contributed by atoms with Crippen molar-refractivity contribution in [2.45, 2.75) is 39.2 Å². The second kappa shape index (κ2) is 10.3. The van der Waals surface area contributed by atoms with Gasteiger partial charge in [-0.05, 0) is 57.9 Å². The molecule has 1 aliphatic heterocycles. The zero-order chi connectivity index (χ0) is 25.0. The summed E-state index contributed by atoms with van der Waals surface area (Å²) in [4.78, 5) is 31.6. The molecule has 1 saturated heterocycles. The van der Waals surface area contributed by atoms with Gasteiger partial charge in [-0.25, -0.2) is 9.78 Å². The number of nitrogens with zero attached hydrogens (tertiary/aromatic N) is 3. The molecule has 0 aliphatic carbocycles. The third-order valence-corrected chi connectivity index (χ3v) is 5.75. The molecule has 3 aromatic rings. The number of anilines is 2. The molecule has 1 aliphatic rings. The van der Waals surface area contributed by atoms with Crippen molar-refractivity contribution in [1.29, 1.82) is 0 Å². The SMILES string of the molecule is C=CCN(C(=O)OC(C)(C)C)c1ccc2ncc(-c3cccc(NC(=O)C4CCOCC4)c3)n2c1. The van der Waals surface area contributed by atoms with Crippen LogP contribution in [0, 0.1) is 5.92 Å². The Bertz CT molecular complexity index is 1220. The van der Waals surface area contributed by atoms with Gasteiger partial charge in [0.05, 0.1) is 17.6 Å². The Kier molecular flexibility index (Phi) is 7.21. The fourth-order valence-corrected chi connectivity index (χ4v) is 4.03. The van der Waals surface area contributed by atoms with Crippen LogP contribution in [-0.2, 0) is 14.3 Å². The zero-order valence-corrected chi connectivity index (χ0v) is 20.5. The highest BCUT2D eigenvalue weighted by atomic mass is 16.6. The monoisotopic (exact) mass is 476 g/mol. The van der Waals surface area contributed by atoms with Crippen molar-refractivity contribution in [3.05, 3.63) is 61.4 Å². The topological polar surface area (TPSA) is 85.2 Å². The Morgan fingerprint density at radius 1 is 1.26 bits per heavy atom. The summed E-state index contributed by atoms with van der Waals surface area (Å²) in [7, 11) is 0. The minimum absolute atomic E-state index is 0.0170. The van der Waals surface area contributed by atoms with Gasteiger partial charge < -0.3 is 14.8 Å². The number of hydrogen-bond acceptors (Lipinski definition) is 5. The number of imidazole rings is 1. The van der Waals surface area contributed by atoms with Crippen LogP contribution in [0.4, 0.5) is 16.2 Å². The lowest BCUT2D eigenvalue weighted by Gasteiger charge is -2.26. The van der Waals surface area contributed by atoms with E-state index in [4.69, 9.17) is 9.47 Å². The van der Waals surface area contributed by atoms with Crippen molar-refractivity contribution >= 4 is 29.0 Å². The van der Waals surface area contributed by atoms with E-state index in [0.29, 0.717) is 25.4 Å². The van der Waals surface area contributed by atoms with E-state index < -0.39 is 11.7 Å². The van der Waals surface area contributed by atoms with Gasteiger partial charge in [0.25, 0.3) is 0 Å². The molecule has 1 fully saturated rings. The smallest absolute Gasteiger partial charge is 0.415 e. The molecule has 184 valence electrons. The molecular weight excluding hydrogens is 444 g/mol. The van der Waals surface area contributed by atoms with Crippen molar-refractivity contribution in [1.82, 2.24) is 9.38 Å². The maximum Gasteiger partial charge on any atom is 0.415 e. The molecule has 0 radical (unpaired) electrons. The van der Waals surface area contributed by atoms with Gasteiger partial charge in [-0.3, -0.25) is 14.1 Å². The molecule has 0 unspecified atom stereocenters. The molecule has 35 heavy (non-hydrogen) atoms. The lowest BCUT2D eigenvalue weighted by Crippen LogP contribution is -2.37. The van der Waals surface area contributed by atoms with Gasteiger partial charge in [-0.2, -0.15) is 0 Å². The van der Waals surface area contributed by atoms with Gasteiger partial charge in [-0.15, -0.1) is 6.58 Å². The summed E-state index contributed by atoms with van der Waals surface area (Å²) in [5.74, 6) is -0.0160. The number of benzene rings is 1. The summed E-state index contributed by atoms with van der Waals surface area (Å²) in [6.45, 7) is 10.8. The molecule has 2 amide bonds. The molecule has 0 bridgehead atoms. The van der Waals surface area contributed by atoms with Gasteiger partial charge >= 0.3 is 6.09 Å². The van der Waals surface area contributed by atoms with Crippen LogP contribution in [0.2, 0.25) is 0 Å². The second-order valence-electron chi connectivity index (χ2n) is 9.60. The van der Waals surface area contributed by atoms with E-state index >= 15 is 0 Å². The highest BCUT2D eigenvalue weighted by Crippen LogP contribution is 2.27. The molecule has 0 atom stereocenters. The highest BCUT2D eigenvalue weighted by Gasteiger charge is 2.24. The van der Waals surface area contributed by atoms with Gasteiger partial charge in [-0.1, -0.05) is 18.2 Å². The number of carbonyl (C=O) groups is 2. The minimum Gasteiger partial charge on any atom is -0.443 e. The summed E-state index contributed by atoms with van der Waals surface area (Å²) in [6.07, 6.45) is 6.33. The van der Waals surface area contributed by atoms with Crippen LogP contribution < -0.4 is 10.2 Å². The molecule has 3 heterocycles. The van der Waals surface area contributed by atoms with Crippen molar-refractivity contribution < 1.29 is 19.1 Å². The third kappa shape index (κ3) is 5.89. The normalized spacial score (nSPS) is 14.5. The first kappa shape index (κ1) is 24.5. The fourth-order valence-electron chi connectivity index (χ4n) is 4.03. The Morgan fingerprint density at radius 3 is 2.74 bits per heavy atom. The zero-order valence-electron chi connectivity index (χ0n) is 20.5. The Hall–Kier alpha value is -3.65. The molecule has 4 rings (SSSR count). The fraction of sp³-hybridized carbons (Fsp3) is 0.370. The lowest BCUT2D eigenvalue weighted by molar-refractivity contribution is -0.122. The Morgan fingerprint density at radius 2 is 2.03 bits per heavy atom. The summed E-state index contributed by atoms with van der Waals surface area (Å²) in [5.41, 5.74) is 3.25. The Balaban J connectivity index is 1.62. The van der Waals surface area contributed by atoms with E-state index in [0.717, 1.165) is 35.4 Å². The van der Waals surface area contributed by atoms with Crippen LogP contribution in [0.25, 0.3) is 16.9 Å². The molecule has 1 N–H and O–H groups in total. The summed E-state index contributed by atoms with van der Waals surface area (Å²) in [6, 6.07) is 11.4. The van der Waals surface area contributed by atoms with Crippen LogP contribution in [0.5, 0.6) is 0 Å². The largest absolute Gasteiger partial charge is 0.443 e. The van der Waals surface area contributed by atoms with Crippen molar-refractivity contribution in [2.24, 2.45) is 5.92 Å². The number of carbonyl (C=O) groups excluding carboxylic acids is 2. The van der Waals surface area contributed by atoms with Gasteiger partial charge in [0.15, 0.2) is 0 Å². The molecule has 1 aromatic carbocycles. The van der Waals surface area contributed by atoms with E-state index in [1.807, 2.05) is 67.8 Å². The number of aromatic nitrogens is 2. The molecule has 2 aromatic heterocycles. The number of fused-ring (bicyclic) bond motifs is 1. The number of hydrogen-bond donors (Lipinski definition) is 1. The van der Waals surface area contributed by atoms with Crippen LogP contribution >= 0.6 is 0 Å². The quantitative estimate of drug-likeness (QED) is 0.489. The average molecular weight is 477 g/mol.